The third kappa shape index (κ3) is 15.1. The van der Waals surface area contributed by atoms with Gasteiger partial charge in [-0.3, -0.25) is 33.6 Å². The molecule has 2 aliphatic rings. The number of carbonyl (C=O) groups is 7. The van der Waals surface area contributed by atoms with E-state index in [9.17, 15) is 43.8 Å². The van der Waals surface area contributed by atoms with Crippen molar-refractivity contribution in [2.45, 2.75) is 133 Å². The van der Waals surface area contributed by atoms with E-state index in [0.29, 0.717) is 51.6 Å². The second kappa shape index (κ2) is 25.2. The lowest BCUT2D eigenvalue weighted by molar-refractivity contribution is -0.140. The fraction of sp³-hybridized carbons (Fsp3) is 0.531. The molecule has 1 saturated carbocycles. The van der Waals surface area contributed by atoms with Crippen LogP contribution in [-0.2, 0) is 46.4 Å². The van der Waals surface area contributed by atoms with E-state index in [1.54, 1.807) is 0 Å². The molecule has 19 nitrogen and oxygen atoms in total. The highest BCUT2D eigenvalue weighted by Crippen LogP contribution is 2.27. The maximum Gasteiger partial charge on any atom is 0.305 e. The third-order valence-electron chi connectivity index (χ3n) is 13.2. The Morgan fingerprint density at radius 3 is 1.74 bits per heavy atom. The Bertz CT molecular complexity index is 2370. The molecule has 5 amide bonds. The predicted molar refractivity (Wildman–Crippen MR) is 256 cm³/mol. The predicted octanol–water partition coefficient (Wildman–Crippen LogP) is 2.23. The van der Waals surface area contributed by atoms with Crippen molar-refractivity contribution >= 4 is 63.3 Å². The quantitative estimate of drug-likeness (QED) is 0.0456. The Morgan fingerprint density at radius 2 is 1.18 bits per heavy atom. The van der Waals surface area contributed by atoms with Crippen molar-refractivity contribution < 1.29 is 43.8 Å². The highest BCUT2D eigenvalue weighted by Gasteiger charge is 2.35. The highest BCUT2D eigenvalue weighted by molar-refractivity contribution is 5.87. The lowest BCUT2D eigenvalue weighted by Gasteiger charge is -2.33. The average Bonchev–Trinajstić information content (AvgIpc) is 3.90. The van der Waals surface area contributed by atoms with Gasteiger partial charge in [0.05, 0.1) is 18.3 Å². The number of piperidine rings is 1. The van der Waals surface area contributed by atoms with Crippen LogP contribution in [-0.4, -0.2) is 118 Å². The fourth-order valence-electron chi connectivity index (χ4n) is 9.71. The zero-order valence-corrected chi connectivity index (χ0v) is 38.5. The monoisotopic (exact) mass is 941 g/mol. The Balaban J connectivity index is 1.11. The lowest BCUT2D eigenvalue weighted by atomic mass is 9.83. The van der Waals surface area contributed by atoms with Gasteiger partial charge in [0.1, 0.15) is 0 Å². The van der Waals surface area contributed by atoms with E-state index in [-0.39, 0.29) is 68.2 Å². The smallest absolute Gasteiger partial charge is 0.305 e. The first-order valence-electron chi connectivity index (χ1n) is 23.9. The van der Waals surface area contributed by atoms with Crippen LogP contribution in [0.1, 0.15) is 94.6 Å². The number of carbonyl (C=O) groups excluding carboxylic acids is 5. The topological polar surface area (TPSA) is 316 Å². The van der Waals surface area contributed by atoms with Gasteiger partial charge in [0.2, 0.25) is 29.5 Å². The number of rotatable bonds is 25. The second-order valence-electron chi connectivity index (χ2n) is 18.5. The molecule has 2 fully saturated rings. The maximum atomic E-state index is 14.3. The van der Waals surface area contributed by atoms with Crippen molar-refractivity contribution in [2.24, 2.45) is 23.3 Å². The van der Waals surface area contributed by atoms with Crippen molar-refractivity contribution in [1.82, 2.24) is 41.9 Å². The summed E-state index contributed by atoms with van der Waals surface area (Å²) >= 11 is 0. The number of benzene rings is 2. The summed E-state index contributed by atoms with van der Waals surface area (Å²) in [7, 11) is 0. The summed E-state index contributed by atoms with van der Waals surface area (Å²) < 4.78 is 0. The van der Waals surface area contributed by atoms with Crippen LogP contribution in [0, 0.1) is 11.8 Å². The summed E-state index contributed by atoms with van der Waals surface area (Å²) in [5, 5.41) is 38.7. The van der Waals surface area contributed by atoms with Crippen LogP contribution in [0.3, 0.4) is 0 Å². The molecule has 0 spiro atoms. The Kier molecular flexibility index (Phi) is 18.9. The molecule has 4 aromatic rings. The van der Waals surface area contributed by atoms with Crippen LogP contribution in [0.2, 0.25) is 0 Å². The molecule has 1 aliphatic carbocycles. The zero-order chi connectivity index (χ0) is 48.6. The summed E-state index contributed by atoms with van der Waals surface area (Å²) in [5.41, 5.74) is 15.8. The van der Waals surface area contributed by atoms with Crippen LogP contribution in [0.5, 0.6) is 0 Å². The van der Waals surface area contributed by atoms with Crippen LogP contribution in [0.25, 0.3) is 21.8 Å². The molecule has 3 heterocycles. The number of carboxylic acids is 2. The molecule has 68 heavy (non-hydrogen) atoms. The molecule has 2 aromatic heterocycles. The Morgan fingerprint density at radius 1 is 0.632 bits per heavy atom. The van der Waals surface area contributed by atoms with E-state index in [1.807, 2.05) is 60.9 Å². The van der Waals surface area contributed by atoms with Gasteiger partial charge in [0, 0.05) is 103 Å². The second-order valence-corrected chi connectivity index (χ2v) is 18.5. The van der Waals surface area contributed by atoms with Crippen molar-refractivity contribution in [2.75, 3.05) is 19.6 Å². The fourth-order valence-corrected chi connectivity index (χ4v) is 9.71. The molecular weight excluding hydrogens is 873 g/mol. The minimum absolute atomic E-state index is 0.0491. The summed E-state index contributed by atoms with van der Waals surface area (Å²) in [6.07, 6.45) is 7.29. The highest BCUT2D eigenvalue weighted by atomic mass is 16.4. The van der Waals surface area contributed by atoms with Crippen LogP contribution < -0.4 is 43.4 Å². The van der Waals surface area contributed by atoms with E-state index in [4.69, 9.17) is 11.5 Å². The standard InChI is InChI=1S/C49H68N10O9/c50-18-7-8-31(55-43(60)24-34(58-49(68)38-28-52-19-17-39(38)51)21-30-27-54-41-13-5-2-10-36(30)41)22-45(62)59-42-14-6-3-11-37(42)48(67)57-33(20-29-26-53-40-12-4-1-9-35(29)40)23-44(61)56-32(25-47(65)66)15-16-46(63)64/h1-2,4-5,9-10,12-13,26-27,31-34,37-39,42,52-54H,3,6-8,11,14-25,28,50-51H2,(H,55,60)(H,56,61)(H,57,67)(H,58,68)(H,59,62)(H,63,64)(H,65,66)/t31-,32-,33-,34-,37+,38+,39+,42+/m0/s1. The van der Waals surface area contributed by atoms with Gasteiger partial charge in [-0.2, -0.15) is 0 Å². The number of H-pyrrole nitrogens is 2. The number of para-hydroxylation sites is 2. The number of nitrogens with one attached hydrogen (secondary N) is 8. The Hall–Kier alpha value is -6.31. The van der Waals surface area contributed by atoms with E-state index in [1.165, 1.54) is 0 Å². The van der Waals surface area contributed by atoms with Gasteiger partial charge in [-0.05, 0) is 87.7 Å². The van der Waals surface area contributed by atoms with Gasteiger partial charge in [-0.1, -0.05) is 49.2 Å². The molecule has 0 bridgehead atoms. The van der Waals surface area contributed by atoms with E-state index in [0.717, 1.165) is 52.3 Å². The van der Waals surface area contributed by atoms with Crippen LogP contribution in [0.15, 0.2) is 60.9 Å². The number of amides is 5. The summed E-state index contributed by atoms with van der Waals surface area (Å²) in [4.78, 5) is 98.4. The molecule has 0 unspecified atom stereocenters. The van der Waals surface area contributed by atoms with Gasteiger partial charge < -0.3 is 63.5 Å². The molecule has 2 aromatic carbocycles. The summed E-state index contributed by atoms with van der Waals surface area (Å²) in [6, 6.07) is 11.8. The van der Waals surface area contributed by atoms with Crippen molar-refractivity contribution in [3.63, 3.8) is 0 Å². The molecule has 19 heteroatoms. The molecular formula is C49H68N10O9. The number of carboxylic acid groups (broad SMARTS) is 2. The van der Waals surface area contributed by atoms with E-state index >= 15 is 0 Å². The largest absolute Gasteiger partial charge is 0.481 e. The van der Waals surface area contributed by atoms with Gasteiger partial charge in [0.15, 0.2) is 0 Å². The van der Waals surface area contributed by atoms with Gasteiger partial charge >= 0.3 is 11.9 Å². The number of aromatic nitrogens is 2. The minimum Gasteiger partial charge on any atom is -0.481 e. The normalized spacial score (nSPS) is 20.1. The molecule has 8 atom stereocenters. The van der Waals surface area contributed by atoms with Gasteiger partial charge in [0.25, 0.3) is 0 Å². The third-order valence-corrected chi connectivity index (χ3v) is 13.2. The van der Waals surface area contributed by atoms with E-state index < -0.39 is 66.3 Å². The number of aliphatic carboxylic acids is 2. The number of nitrogens with two attached hydrogens (primary N) is 2. The molecule has 6 rings (SSSR count). The zero-order valence-electron chi connectivity index (χ0n) is 38.5. The van der Waals surface area contributed by atoms with Crippen LogP contribution in [0.4, 0.5) is 0 Å². The first-order chi connectivity index (χ1) is 32.8. The molecule has 14 N–H and O–H groups in total. The minimum atomic E-state index is -1.19. The number of aromatic amines is 2. The molecule has 368 valence electrons. The van der Waals surface area contributed by atoms with Gasteiger partial charge in [-0.25, -0.2) is 0 Å². The summed E-state index contributed by atoms with van der Waals surface area (Å²) in [6.45, 7) is 1.51. The number of hydrogen-bond donors (Lipinski definition) is 12. The average molecular weight is 941 g/mol. The maximum absolute atomic E-state index is 14.3. The van der Waals surface area contributed by atoms with Crippen molar-refractivity contribution in [3.05, 3.63) is 72.1 Å². The number of hydrogen-bond acceptors (Lipinski definition) is 10. The molecule has 1 saturated heterocycles. The van der Waals surface area contributed by atoms with Crippen molar-refractivity contribution in [3.8, 4) is 0 Å². The van der Waals surface area contributed by atoms with Gasteiger partial charge in [-0.15, -0.1) is 0 Å². The van der Waals surface area contributed by atoms with Crippen molar-refractivity contribution in [1.29, 1.82) is 0 Å². The first-order valence-corrected chi connectivity index (χ1v) is 23.9. The SMILES string of the molecule is NCCC[C@@H](CC(=O)N[C@@H]1CCCC[C@H]1C(=O)N[C@H](CC(=O)N[C@@H](CCC(=O)O)CC(=O)O)Cc1c[nH]c2ccccc12)NC(=O)C[C@H](Cc1c[nH]c2ccccc12)NC(=O)[C@@H]1CNCC[C@H]1N. The van der Waals surface area contributed by atoms with Crippen LogP contribution >= 0.6 is 0 Å². The first kappa shape index (κ1) is 51.1. The van der Waals surface area contributed by atoms with E-state index in [2.05, 4.69) is 41.9 Å². The Labute approximate surface area is 395 Å². The number of fused-ring (bicyclic) bond motifs is 2. The summed E-state index contributed by atoms with van der Waals surface area (Å²) in [5.74, 6) is -5.18. The lowest BCUT2D eigenvalue weighted by Crippen LogP contribution is -2.54. The molecule has 0 radical (unpaired) electrons. The molecule has 1 aliphatic heterocycles.